The molecule has 13 heteroatoms. The molecule has 0 aliphatic rings. The lowest BCUT2D eigenvalue weighted by Gasteiger charge is -2.32. The topological polar surface area (TPSA) is 213 Å². The van der Waals surface area contributed by atoms with Crippen LogP contribution in [-0.2, 0) is 27.7 Å². The number of carboxylic acid groups (broad SMARTS) is 3. The van der Waals surface area contributed by atoms with Crippen molar-refractivity contribution < 1.29 is 43.0 Å². The molecule has 0 aromatic carbocycles. The predicted octanol–water partition coefficient (Wildman–Crippen LogP) is 0.165. The lowest BCUT2D eigenvalue weighted by molar-refractivity contribution is -0.135. The van der Waals surface area contributed by atoms with E-state index in [2.05, 4.69) is 12.2 Å². The van der Waals surface area contributed by atoms with Crippen LogP contribution in [0.4, 0.5) is 0 Å². The van der Waals surface area contributed by atoms with E-state index in [0.717, 1.165) is 33.7 Å². The molecule has 0 amide bonds. The van der Waals surface area contributed by atoms with E-state index in [1.54, 1.807) is 21.3 Å². The van der Waals surface area contributed by atoms with Crippen molar-refractivity contribution in [2.24, 2.45) is 5.73 Å². The van der Waals surface area contributed by atoms with Crippen molar-refractivity contribution in [2.75, 3.05) is 34.4 Å². The normalized spacial score (nSPS) is 10.2. The Bertz CT molecular complexity index is 321. The highest BCUT2D eigenvalue weighted by Gasteiger charge is 2.46. The molecule has 0 radical (unpaired) electrons. The summed E-state index contributed by atoms with van der Waals surface area (Å²) in [7, 11) is 2.30. The van der Waals surface area contributed by atoms with E-state index in [1.807, 2.05) is 0 Å². The number of nitrogens with one attached hydrogen (secondary N) is 1. The summed E-state index contributed by atoms with van der Waals surface area (Å²) in [6.07, 6.45) is 0.891. The van der Waals surface area contributed by atoms with Gasteiger partial charge in [-0.3, -0.25) is 14.4 Å². The third-order valence-corrected chi connectivity index (χ3v) is 5.40. The summed E-state index contributed by atoms with van der Waals surface area (Å²) >= 11 is 0. The third kappa shape index (κ3) is 32.5. The summed E-state index contributed by atoms with van der Waals surface area (Å²) in [6, 6.07) is 0. The van der Waals surface area contributed by atoms with Crippen LogP contribution in [0.5, 0.6) is 0 Å². The molecule has 0 spiro atoms. The zero-order valence-corrected chi connectivity index (χ0v) is 18.3. The zero-order chi connectivity index (χ0) is 21.8. The molecule has 0 saturated heterocycles. The molecule has 0 aromatic rings. The summed E-state index contributed by atoms with van der Waals surface area (Å²) < 4.78 is 16.1. The fourth-order valence-corrected chi connectivity index (χ4v) is 3.70. The van der Waals surface area contributed by atoms with E-state index in [1.165, 1.54) is 0 Å². The Morgan fingerprint density at radius 1 is 0.926 bits per heavy atom. The van der Waals surface area contributed by atoms with Gasteiger partial charge in [-0.25, -0.2) is 0 Å². The average Bonchev–Trinajstić information content (AvgIpc) is 2.50. The van der Waals surface area contributed by atoms with Crippen LogP contribution in [0.3, 0.4) is 0 Å². The summed E-state index contributed by atoms with van der Waals surface area (Å²) in [4.78, 5) is 27.0. The van der Waals surface area contributed by atoms with Crippen LogP contribution in [0, 0.1) is 0 Å². The van der Waals surface area contributed by atoms with Crippen molar-refractivity contribution in [1.82, 2.24) is 11.5 Å². The van der Waals surface area contributed by atoms with Crippen LogP contribution < -0.4 is 17.2 Å². The number of carboxylic acids is 3. The van der Waals surface area contributed by atoms with Gasteiger partial charge in [-0.05, 0) is 6.42 Å². The fourth-order valence-electron chi connectivity index (χ4n) is 1.45. The van der Waals surface area contributed by atoms with Crippen LogP contribution in [-0.4, -0.2) is 82.1 Å². The number of hydrogen-bond acceptors (Lipinski definition) is 9. The Labute approximate surface area is 161 Å². The largest absolute Gasteiger partial charge is 0.517 e. The third-order valence-electron chi connectivity index (χ3n) is 2.22. The lowest BCUT2D eigenvalue weighted by Crippen LogP contribution is -2.60. The van der Waals surface area contributed by atoms with Crippen molar-refractivity contribution >= 4 is 26.7 Å². The minimum absolute atomic E-state index is 0. The maximum absolute atomic E-state index is 9.00. The molecule has 0 rings (SSSR count). The maximum Gasteiger partial charge on any atom is 0.517 e. The first-order valence-electron chi connectivity index (χ1n) is 7.57. The van der Waals surface area contributed by atoms with Gasteiger partial charge in [0.2, 0.25) is 0 Å². The van der Waals surface area contributed by atoms with Gasteiger partial charge in [0.25, 0.3) is 17.9 Å². The highest BCUT2D eigenvalue weighted by Crippen LogP contribution is 2.14. The average molecular weight is 420 g/mol. The van der Waals surface area contributed by atoms with Gasteiger partial charge in [-0.15, -0.1) is 0 Å². The first kappa shape index (κ1) is 36.3. The van der Waals surface area contributed by atoms with E-state index in [0.29, 0.717) is 6.54 Å². The monoisotopic (exact) mass is 419 g/mol. The number of nitrogens with two attached hydrogens (primary N) is 1. The standard InChI is InChI=1S/C8H22N2O3Si.3C2H4O2.H3N/c1-5-8(10-7-6-9)14(11-2,12-3)13-4;3*1-2(3)4;/h8,10H,5-7,9H2,1-4H3;3*1H3,(H,3,4);1H3. The van der Waals surface area contributed by atoms with Gasteiger partial charge in [0.1, 0.15) is 0 Å². The predicted molar refractivity (Wildman–Crippen MR) is 103 cm³/mol. The second-order valence-electron chi connectivity index (χ2n) is 4.48. The molecule has 166 valence electrons. The Morgan fingerprint density at radius 3 is 1.33 bits per heavy atom. The van der Waals surface area contributed by atoms with Crippen molar-refractivity contribution in [3.8, 4) is 0 Å². The van der Waals surface area contributed by atoms with Gasteiger partial charge in [0.15, 0.2) is 0 Å². The Kier molecular flexibility index (Phi) is 32.8. The number of aliphatic carboxylic acids is 3. The lowest BCUT2D eigenvalue weighted by atomic mass is 10.4. The quantitative estimate of drug-likeness (QED) is 0.290. The van der Waals surface area contributed by atoms with E-state index >= 15 is 0 Å². The van der Waals surface area contributed by atoms with E-state index < -0.39 is 26.7 Å². The molecule has 0 bridgehead atoms. The molecule has 27 heavy (non-hydrogen) atoms. The Balaban J connectivity index is -0.000000102. The first-order valence-corrected chi connectivity index (χ1v) is 9.38. The molecule has 0 aromatic heterocycles. The van der Waals surface area contributed by atoms with Gasteiger partial charge in [-0.1, -0.05) is 6.92 Å². The highest BCUT2D eigenvalue weighted by molar-refractivity contribution is 6.62. The molecular weight excluding hydrogens is 382 g/mol. The van der Waals surface area contributed by atoms with Gasteiger partial charge in [0.05, 0.1) is 5.67 Å². The van der Waals surface area contributed by atoms with E-state index in [4.69, 9.17) is 48.7 Å². The van der Waals surface area contributed by atoms with Crippen LogP contribution in [0.25, 0.3) is 0 Å². The minimum Gasteiger partial charge on any atom is -0.481 e. The molecule has 0 saturated carbocycles. The summed E-state index contributed by atoms with van der Waals surface area (Å²) in [6.45, 7) is 6.65. The van der Waals surface area contributed by atoms with Gasteiger partial charge in [-0.2, -0.15) is 0 Å². The fraction of sp³-hybridized carbons (Fsp3) is 0.786. The minimum atomic E-state index is -2.55. The van der Waals surface area contributed by atoms with E-state index in [9.17, 15) is 0 Å². The second-order valence-corrected chi connectivity index (χ2v) is 7.61. The molecule has 0 fully saturated rings. The second kappa shape index (κ2) is 24.4. The number of rotatable bonds is 8. The van der Waals surface area contributed by atoms with Gasteiger partial charge < -0.3 is 45.8 Å². The van der Waals surface area contributed by atoms with Crippen LogP contribution >= 0.6 is 0 Å². The number of carbonyl (C=O) groups is 3. The van der Waals surface area contributed by atoms with Crippen LogP contribution in [0.15, 0.2) is 0 Å². The van der Waals surface area contributed by atoms with Crippen molar-refractivity contribution in [2.45, 2.75) is 39.8 Å². The van der Waals surface area contributed by atoms with Gasteiger partial charge >= 0.3 is 8.80 Å². The molecule has 0 aliphatic heterocycles. The SMILES string of the molecule is CC(=O)O.CC(=O)O.CC(=O)O.CCC(NCCN)[Si](OC)(OC)OC.N. The van der Waals surface area contributed by atoms with Crippen molar-refractivity contribution in [3.63, 3.8) is 0 Å². The molecular formula is C14H37N3O9Si. The number of hydrogen-bond donors (Lipinski definition) is 6. The first-order chi connectivity index (χ1) is 11.9. The van der Waals surface area contributed by atoms with Gasteiger partial charge in [0, 0.05) is 55.2 Å². The zero-order valence-electron chi connectivity index (χ0n) is 17.3. The summed E-state index contributed by atoms with van der Waals surface area (Å²) in [5.41, 5.74) is 5.53. The van der Waals surface area contributed by atoms with Crippen molar-refractivity contribution in [1.29, 1.82) is 0 Å². The molecule has 12 nitrogen and oxygen atoms in total. The Hall–Kier alpha value is -1.61. The molecule has 0 heterocycles. The van der Waals surface area contributed by atoms with E-state index in [-0.39, 0.29) is 11.8 Å². The molecule has 9 N–H and O–H groups in total. The summed E-state index contributed by atoms with van der Waals surface area (Å²) in [5, 5.41) is 25.5. The highest BCUT2D eigenvalue weighted by atomic mass is 28.4. The van der Waals surface area contributed by atoms with Crippen LogP contribution in [0.2, 0.25) is 0 Å². The molecule has 0 aliphatic carbocycles. The molecule has 1 atom stereocenters. The smallest absolute Gasteiger partial charge is 0.481 e. The maximum atomic E-state index is 9.00. The Morgan fingerprint density at radius 2 is 1.19 bits per heavy atom. The molecule has 1 unspecified atom stereocenters. The van der Waals surface area contributed by atoms with Crippen LogP contribution in [0.1, 0.15) is 34.1 Å². The summed E-state index contributed by atoms with van der Waals surface area (Å²) in [5.74, 6) is -2.50. The van der Waals surface area contributed by atoms with Crippen molar-refractivity contribution in [3.05, 3.63) is 0 Å².